The summed E-state index contributed by atoms with van der Waals surface area (Å²) in [4.78, 5) is 10.8. The summed E-state index contributed by atoms with van der Waals surface area (Å²) in [6.45, 7) is 0. The first-order chi connectivity index (χ1) is 9.65. The molecular weight excluding hydrogens is 255 g/mol. The quantitative estimate of drug-likeness (QED) is 0.894. The van der Waals surface area contributed by atoms with Crippen LogP contribution in [0.3, 0.4) is 0 Å². The van der Waals surface area contributed by atoms with Crippen molar-refractivity contribution in [1.29, 1.82) is 0 Å². The Labute approximate surface area is 116 Å². The largest absolute Gasteiger partial charge is 0.478 e. The lowest BCUT2D eigenvalue weighted by Crippen LogP contribution is -2.08. The maximum Gasteiger partial charge on any atom is 0.335 e. The first-order valence-electron chi connectivity index (χ1n) is 6.78. The summed E-state index contributed by atoms with van der Waals surface area (Å²) in [5.74, 6) is -1.01. The fraction of sp³-hybridized carbons (Fsp3) is 0.235. The Morgan fingerprint density at radius 1 is 1.15 bits per heavy atom. The van der Waals surface area contributed by atoms with E-state index in [2.05, 4.69) is 6.07 Å². The number of carboxylic acids is 1. The van der Waals surface area contributed by atoms with Gasteiger partial charge in [-0.05, 0) is 42.0 Å². The van der Waals surface area contributed by atoms with Gasteiger partial charge in [0, 0.05) is 5.56 Å². The van der Waals surface area contributed by atoms with Crippen molar-refractivity contribution in [2.24, 2.45) is 0 Å². The van der Waals surface area contributed by atoms with E-state index < -0.39 is 11.8 Å². The van der Waals surface area contributed by atoms with Gasteiger partial charge in [-0.3, -0.25) is 0 Å². The highest BCUT2D eigenvalue weighted by atomic mass is 19.1. The van der Waals surface area contributed by atoms with E-state index in [-0.39, 0.29) is 5.56 Å². The number of carboxylic acid groups (broad SMARTS) is 1. The summed E-state index contributed by atoms with van der Waals surface area (Å²) in [6.07, 6.45) is 3.66. The van der Waals surface area contributed by atoms with Crippen LogP contribution in [0, 0.1) is 5.82 Å². The number of carbonyl (C=O) groups is 1. The number of hydrogen-bond acceptors (Lipinski definition) is 1. The maximum atomic E-state index is 14.1. The monoisotopic (exact) mass is 270 g/mol. The van der Waals surface area contributed by atoms with Gasteiger partial charge < -0.3 is 5.11 Å². The molecular formula is C17H15FO2. The van der Waals surface area contributed by atoms with E-state index in [1.54, 1.807) is 6.07 Å². The van der Waals surface area contributed by atoms with Crippen molar-refractivity contribution in [3.63, 3.8) is 0 Å². The van der Waals surface area contributed by atoms with Crippen LogP contribution in [0.15, 0.2) is 42.5 Å². The Kier molecular flexibility index (Phi) is 3.26. The normalized spacial score (nSPS) is 14.8. The highest BCUT2D eigenvalue weighted by molar-refractivity contribution is 5.88. The van der Waals surface area contributed by atoms with Crippen LogP contribution < -0.4 is 0 Å². The third kappa shape index (κ3) is 2.31. The van der Waals surface area contributed by atoms with Crippen LogP contribution in [0.2, 0.25) is 0 Å². The molecule has 1 aliphatic rings. The van der Waals surface area contributed by atoms with Crippen LogP contribution in [-0.4, -0.2) is 11.1 Å². The van der Waals surface area contributed by atoms with Gasteiger partial charge in [0.2, 0.25) is 0 Å². The van der Waals surface area contributed by atoms with Crippen molar-refractivity contribution in [2.75, 3.05) is 0 Å². The standard InChI is InChI=1S/C17H15FO2/c18-16-10-14(17(19)20)7-8-15(16)13-6-2-5-12(9-13)11-3-1-4-11/h2,5-11H,1,3-4H2,(H,19,20). The van der Waals surface area contributed by atoms with E-state index >= 15 is 0 Å². The van der Waals surface area contributed by atoms with Gasteiger partial charge in [-0.1, -0.05) is 36.8 Å². The molecule has 1 N–H and O–H groups in total. The molecule has 2 aromatic rings. The molecule has 0 radical (unpaired) electrons. The number of benzene rings is 2. The molecule has 1 fully saturated rings. The second-order valence-electron chi connectivity index (χ2n) is 5.25. The summed E-state index contributed by atoms with van der Waals surface area (Å²) in [5.41, 5.74) is 2.48. The van der Waals surface area contributed by atoms with E-state index in [1.807, 2.05) is 18.2 Å². The SMILES string of the molecule is O=C(O)c1ccc(-c2cccc(C3CCC3)c2)c(F)c1. The maximum absolute atomic E-state index is 14.1. The van der Waals surface area contributed by atoms with Crippen LogP contribution in [0.25, 0.3) is 11.1 Å². The number of hydrogen-bond donors (Lipinski definition) is 1. The first-order valence-corrected chi connectivity index (χ1v) is 6.78. The van der Waals surface area contributed by atoms with Gasteiger partial charge in [-0.25, -0.2) is 9.18 Å². The summed E-state index contributed by atoms with van der Waals surface area (Å²) in [7, 11) is 0. The number of rotatable bonds is 3. The minimum Gasteiger partial charge on any atom is -0.478 e. The highest BCUT2D eigenvalue weighted by Crippen LogP contribution is 2.37. The second-order valence-corrected chi connectivity index (χ2v) is 5.25. The van der Waals surface area contributed by atoms with Crippen molar-refractivity contribution < 1.29 is 14.3 Å². The molecule has 0 amide bonds. The molecule has 20 heavy (non-hydrogen) atoms. The minimum atomic E-state index is -1.11. The molecule has 0 heterocycles. The van der Waals surface area contributed by atoms with Gasteiger partial charge in [-0.2, -0.15) is 0 Å². The summed E-state index contributed by atoms with van der Waals surface area (Å²) < 4.78 is 14.1. The zero-order valence-corrected chi connectivity index (χ0v) is 11.0. The van der Waals surface area contributed by atoms with Crippen molar-refractivity contribution in [3.05, 3.63) is 59.4 Å². The predicted octanol–water partition coefficient (Wildman–Crippen LogP) is 4.46. The van der Waals surface area contributed by atoms with E-state index in [0.717, 1.165) is 11.6 Å². The fourth-order valence-electron chi connectivity index (χ4n) is 2.58. The fourth-order valence-corrected chi connectivity index (χ4v) is 2.58. The third-order valence-electron chi connectivity index (χ3n) is 3.99. The van der Waals surface area contributed by atoms with Crippen LogP contribution in [0.4, 0.5) is 4.39 Å². The molecule has 0 aromatic heterocycles. The van der Waals surface area contributed by atoms with E-state index in [0.29, 0.717) is 11.5 Å². The van der Waals surface area contributed by atoms with Gasteiger partial charge in [0.1, 0.15) is 5.82 Å². The van der Waals surface area contributed by atoms with Gasteiger partial charge >= 0.3 is 5.97 Å². The van der Waals surface area contributed by atoms with Crippen molar-refractivity contribution in [2.45, 2.75) is 25.2 Å². The zero-order valence-electron chi connectivity index (χ0n) is 11.0. The molecule has 0 bridgehead atoms. The van der Waals surface area contributed by atoms with Gasteiger partial charge in [0.25, 0.3) is 0 Å². The highest BCUT2D eigenvalue weighted by Gasteiger charge is 2.20. The van der Waals surface area contributed by atoms with Crippen molar-refractivity contribution in [3.8, 4) is 11.1 Å². The molecule has 3 heteroatoms. The second kappa shape index (κ2) is 5.08. The molecule has 2 nitrogen and oxygen atoms in total. The van der Waals surface area contributed by atoms with E-state index in [1.165, 1.54) is 30.9 Å². The van der Waals surface area contributed by atoms with Gasteiger partial charge in [0.05, 0.1) is 5.56 Å². The molecule has 0 aliphatic heterocycles. The molecule has 0 unspecified atom stereocenters. The lowest BCUT2D eigenvalue weighted by Gasteiger charge is -2.26. The molecule has 0 saturated heterocycles. The molecule has 1 saturated carbocycles. The Morgan fingerprint density at radius 2 is 1.95 bits per heavy atom. The predicted molar refractivity (Wildman–Crippen MR) is 75.4 cm³/mol. The Hall–Kier alpha value is -2.16. The minimum absolute atomic E-state index is 0.0265. The molecule has 3 rings (SSSR count). The lowest BCUT2D eigenvalue weighted by molar-refractivity contribution is 0.0696. The number of halogens is 1. The number of aromatic carboxylic acids is 1. The van der Waals surface area contributed by atoms with Gasteiger partial charge in [0.15, 0.2) is 0 Å². The van der Waals surface area contributed by atoms with Crippen LogP contribution in [0.5, 0.6) is 0 Å². The first kappa shape index (κ1) is 12.9. The van der Waals surface area contributed by atoms with E-state index in [4.69, 9.17) is 5.11 Å². The zero-order chi connectivity index (χ0) is 14.1. The average molecular weight is 270 g/mol. The summed E-state index contributed by atoms with van der Waals surface area (Å²) in [6, 6.07) is 12.0. The lowest BCUT2D eigenvalue weighted by atomic mass is 9.79. The molecule has 0 spiro atoms. The van der Waals surface area contributed by atoms with Crippen molar-refractivity contribution >= 4 is 5.97 Å². The molecule has 1 aliphatic carbocycles. The molecule has 0 atom stereocenters. The van der Waals surface area contributed by atoms with Crippen LogP contribution in [0.1, 0.15) is 41.1 Å². The smallest absolute Gasteiger partial charge is 0.335 e. The van der Waals surface area contributed by atoms with Crippen LogP contribution >= 0.6 is 0 Å². The Bertz CT molecular complexity index is 660. The van der Waals surface area contributed by atoms with Crippen LogP contribution in [-0.2, 0) is 0 Å². The Morgan fingerprint density at radius 3 is 2.55 bits per heavy atom. The van der Waals surface area contributed by atoms with Crippen molar-refractivity contribution in [1.82, 2.24) is 0 Å². The van der Waals surface area contributed by atoms with E-state index in [9.17, 15) is 9.18 Å². The summed E-state index contributed by atoms with van der Waals surface area (Å²) in [5, 5.41) is 8.86. The Balaban J connectivity index is 1.98. The molecule has 102 valence electrons. The third-order valence-corrected chi connectivity index (χ3v) is 3.99. The summed E-state index contributed by atoms with van der Waals surface area (Å²) >= 11 is 0. The molecule has 2 aromatic carbocycles. The average Bonchev–Trinajstić information content (AvgIpc) is 2.36. The van der Waals surface area contributed by atoms with Gasteiger partial charge in [-0.15, -0.1) is 0 Å². The topological polar surface area (TPSA) is 37.3 Å².